The van der Waals surface area contributed by atoms with E-state index in [-0.39, 0.29) is 13.0 Å². The van der Waals surface area contributed by atoms with Gasteiger partial charge in [-0.1, -0.05) is 0 Å². The van der Waals surface area contributed by atoms with Gasteiger partial charge in [0, 0.05) is 13.0 Å². The molecule has 104 valence electrons. The Kier molecular flexibility index (Phi) is 3.65. The molecule has 1 aliphatic rings. The molecule has 3 atom stereocenters. The molecule has 2 amide bonds. The fourth-order valence-corrected chi connectivity index (χ4v) is 2.03. The lowest BCUT2D eigenvalue weighted by Crippen LogP contribution is -2.46. The number of aromatic nitrogens is 3. The van der Waals surface area contributed by atoms with Gasteiger partial charge in [-0.05, 0) is 6.92 Å². The number of aliphatic hydroxyl groups excluding tert-OH is 1. The first kappa shape index (κ1) is 13.3. The quantitative estimate of drug-likeness (QED) is 0.562. The van der Waals surface area contributed by atoms with Gasteiger partial charge in [0.2, 0.25) is 0 Å². The Hall–Kier alpha value is -2.16. The number of amides is 2. The third-order valence-electron chi connectivity index (χ3n) is 3.01. The van der Waals surface area contributed by atoms with E-state index in [9.17, 15) is 14.7 Å². The molecule has 1 saturated heterocycles. The predicted molar refractivity (Wildman–Crippen MR) is 62.1 cm³/mol. The maximum Gasteiger partial charge on any atom is 0.326 e. The molecule has 1 aliphatic heterocycles. The van der Waals surface area contributed by atoms with Crippen LogP contribution in [0.4, 0.5) is 4.79 Å². The van der Waals surface area contributed by atoms with E-state index >= 15 is 0 Å². The molecule has 1 aromatic heterocycles. The second-order valence-corrected chi connectivity index (χ2v) is 4.44. The zero-order chi connectivity index (χ0) is 14.0. The van der Waals surface area contributed by atoms with E-state index < -0.39 is 30.2 Å². The van der Waals surface area contributed by atoms with Gasteiger partial charge in [0.05, 0.1) is 12.1 Å². The van der Waals surface area contributed by atoms with Gasteiger partial charge in [0.25, 0.3) is 0 Å². The van der Waals surface area contributed by atoms with Gasteiger partial charge in [0.1, 0.15) is 18.2 Å². The number of aliphatic carboxylic acids is 1. The van der Waals surface area contributed by atoms with Crippen molar-refractivity contribution >= 4 is 12.0 Å². The Labute approximate surface area is 108 Å². The molecule has 2 heterocycles. The molecule has 9 nitrogen and oxygen atoms in total. The molecule has 0 bridgehead atoms. The molecule has 4 N–H and O–H groups in total. The Morgan fingerprint density at radius 2 is 2.37 bits per heavy atom. The minimum atomic E-state index is -1.13. The molecule has 0 spiro atoms. The molecule has 1 aromatic rings. The molecule has 0 aromatic carbocycles. The second-order valence-electron chi connectivity index (χ2n) is 4.44. The monoisotopic (exact) mass is 269 g/mol. The lowest BCUT2D eigenvalue weighted by molar-refractivity contribution is -0.141. The van der Waals surface area contributed by atoms with Crippen molar-refractivity contribution < 1.29 is 19.8 Å². The number of hydrogen-bond acceptors (Lipinski definition) is 5. The van der Waals surface area contributed by atoms with Gasteiger partial charge in [-0.25, -0.2) is 14.6 Å². The zero-order valence-electron chi connectivity index (χ0n) is 10.3. The van der Waals surface area contributed by atoms with Crippen LogP contribution in [-0.2, 0) is 4.79 Å². The van der Waals surface area contributed by atoms with E-state index in [0.29, 0.717) is 5.82 Å². The normalized spacial score (nSPS) is 24.2. The van der Waals surface area contributed by atoms with Crippen LogP contribution in [0.5, 0.6) is 0 Å². The molecule has 2 rings (SSSR count). The molecule has 0 radical (unpaired) electrons. The highest BCUT2D eigenvalue weighted by molar-refractivity contribution is 5.83. The number of nitrogens with zero attached hydrogens (tertiary/aromatic N) is 3. The fraction of sp³-hybridized carbons (Fsp3) is 0.600. The summed E-state index contributed by atoms with van der Waals surface area (Å²) in [6.45, 7) is 1.70. The summed E-state index contributed by atoms with van der Waals surface area (Å²) in [6.07, 6.45) is 0.546. The van der Waals surface area contributed by atoms with Crippen LogP contribution in [-0.4, -0.2) is 61.0 Å². The van der Waals surface area contributed by atoms with Gasteiger partial charge >= 0.3 is 12.0 Å². The van der Waals surface area contributed by atoms with Crippen LogP contribution in [0.15, 0.2) is 6.33 Å². The summed E-state index contributed by atoms with van der Waals surface area (Å²) in [7, 11) is 0. The van der Waals surface area contributed by atoms with E-state index in [2.05, 4.69) is 20.5 Å². The number of aliphatic hydroxyl groups is 1. The summed E-state index contributed by atoms with van der Waals surface area (Å²) in [4.78, 5) is 28.0. The van der Waals surface area contributed by atoms with Gasteiger partial charge in [-0.3, -0.25) is 5.10 Å². The number of carboxylic acid groups (broad SMARTS) is 1. The van der Waals surface area contributed by atoms with E-state index in [1.165, 1.54) is 6.33 Å². The number of H-pyrrole nitrogens is 1. The highest BCUT2D eigenvalue weighted by atomic mass is 16.4. The van der Waals surface area contributed by atoms with Crippen LogP contribution in [0.25, 0.3) is 0 Å². The lowest BCUT2D eigenvalue weighted by atomic mass is 10.2. The highest BCUT2D eigenvalue weighted by Gasteiger charge is 2.39. The minimum absolute atomic E-state index is 0.00588. The fourth-order valence-electron chi connectivity index (χ4n) is 2.03. The lowest BCUT2D eigenvalue weighted by Gasteiger charge is -2.23. The molecule has 9 heteroatoms. The Bertz CT molecular complexity index is 462. The number of carboxylic acids is 1. The first-order chi connectivity index (χ1) is 8.99. The standard InChI is InChI=1S/C10H15N5O4/c1-5(8-11-4-12-14-8)13-10(19)15-3-6(16)2-7(15)9(17)18/h4-7,16H,2-3H2,1H3,(H,13,19)(H,17,18)(H,11,12,14)/t5?,6?,7-/m0/s1. The van der Waals surface area contributed by atoms with E-state index in [4.69, 9.17) is 5.11 Å². The van der Waals surface area contributed by atoms with Crippen molar-refractivity contribution in [2.24, 2.45) is 0 Å². The summed E-state index contributed by atoms with van der Waals surface area (Å²) < 4.78 is 0. The molecule has 1 fully saturated rings. The summed E-state index contributed by atoms with van der Waals surface area (Å²) in [6, 6.07) is -1.98. The van der Waals surface area contributed by atoms with Crippen LogP contribution in [0.3, 0.4) is 0 Å². The highest BCUT2D eigenvalue weighted by Crippen LogP contribution is 2.19. The summed E-state index contributed by atoms with van der Waals surface area (Å²) in [5.74, 6) is -0.654. The number of aromatic amines is 1. The Morgan fingerprint density at radius 3 is 2.95 bits per heavy atom. The molecular weight excluding hydrogens is 254 g/mol. The average Bonchev–Trinajstić information content (AvgIpc) is 2.96. The van der Waals surface area contributed by atoms with Crippen molar-refractivity contribution in [2.45, 2.75) is 31.5 Å². The number of carbonyl (C=O) groups is 2. The van der Waals surface area contributed by atoms with Crippen molar-refractivity contribution in [1.82, 2.24) is 25.4 Å². The summed E-state index contributed by atoms with van der Waals surface area (Å²) >= 11 is 0. The smallest absolute Gasteiger partial charge is 0.326 e. The number of carbonyl (C=O) groups excluding carboxylic acids is 1. The van der Waals surface area contributed by atoms with Crippen LogP contribution in [0.1, 0.15) is 25.2 Å². The second kappa shape index (κ2) is 5.22. The van der Waals surface area contributed by atoms with Crippen LogP contribution < -0.4 is 5.32 Å². The number of urea groups is 1. The van der Waals surface area contributed by atoms with Crippen molar-refractivity contribution in [3.8, 4) is 0 Å². The van der Waals surface area contributed by atoms with Gasteiger partial charge < -0.3 is 20.4 Å². The van der Waals surface area contributed by atoms with Crippen molar-refractivity contribution in [1.29, 1.82) is 0 Å². The third-order valence-corrected chi connectivity index (χ3v) is 3.01. The molecule has 2 unspecified atom stereocenters. The Morgan fingerprint density at radius 1 is 1.63 bits per heavy atom. The summed E-state index contributed by atoms with van der Waals surface area (Å²) in [5, 5.41) is 27.4. The van der Waals surface area contributed by atoms with Crippen molar-refractivity contribution in [3.63, 3.8) is 0 Å². The molecule has 0 saturated carbocycles. The average molecular weight is 269 g/mol. The molecule has 19 heavy (non-hydrogen) atoms. The van der Waals surface area contributed by atoms with Gasteiger partial charge in [-0.15, -0.1) is 0 Å². The van der Waals surface area contributed by atoms with Crippen LogP contribution in [0, 0.1) is 0 Å². The predicted octanol–water partition coefficient (Wildman–Crippen LogP) is -0.905. The number of rotatable bonds is 3. The third kappa shape index (κ3) is 2.81. The Balaban J connectivity index is 2.01. The largest absolute Gasteiger partial charge is 0.480 e. The molecular formula is C10H15N5O4. The zero-order valence-corrected chi connectivity index (χ0v) is 10.3. The number of likely N-dealkylation sites (tertiary alicyclic amines) is 1. The minimum Gasteiger partial charge on any atom is -0.480 e. The number of hydrogen-bond donors (Lipinski definition) is 4. The maximum absolute atomic E-state index is 12.0. The van der Waals surface area contributed by atoms with E-state index in [1.807, 2.05) is 0 Å². The maximum atomic E-state index is 12.0. The number of nitrogens with one attached hydrogen (secondary N) is 2. The van der Waals surface area contributed by atoms with Crippen LogP contribution in [0.2, 0.25) is 0 Å². The topological polar surface area (TPSA) is 131 Å². The van der Waals surface area contributed by atoms with Crippen molar-refractivity contribution in [2.75, 3.05) is 6.54 Å². The van der Waals surface area contributed by atoms with E-state index in [1.54, 1.807) is 6.92 Å². The first-order valence-corrected chi connectivity index (χ1v) is 5.82. The first-order valence-electron chi connectivity index (χ1n) is 5.82. The number of β-amino-alcohol motifs (C(OH)–C–C–N with tert-alkyl or cyclic N) is 1. The summed E-state index contributed by atoms with van der Waals surface area (Å²) in [5.41, 5.74) is 0. The van der Waals surface area contributed by atoms with Crippen molar-refractivity contribution in [3.05, 3.63) is 12.2 Å². The van der Waals surface area contributed by atoms with Gasteiger partial charge in [-0.2, -0.15) is 5.10 Å². The van der Waals surface area contributed by atoms with Crippen LogP contribution >= 0.6 is 0 Å². The molecule has 0 aliphatic carbocycles. The van der Waals surface area contributed by atoms with E-state index in [0.717, 1.165) is 4.90 Å². The van der Waals surface area contributed by atoms with Gasteiger partial charge in [0.15, 0.2) is 0 Å². The SMILES string of the molecule is CC(NC(=O)N1CC(O)C[C@H]1C(=O)O)c1ncn[nH]1.